The van der Waals surface area contributed by atoms with Crippen LogP contribution in [-0.2, 0) is 11.4 Å². The van der Waals surface area contributed by atoms with Gasteiger partial charge in [-0.05, 0) is 55.8 Å². The van der Waals surface area contributed by atoms with E-state index in [0.717, 1.165) is 36.6 Å². The Balaban J connectivity index is 0.00000243. The van der Waals surface area contributed by atoms with Crippen molar-refractivity contribution in [2.45, 2.75) is 32.3 Å². The van der Waals surface area contributed by atoms with Crippen molar-refractivity contribution in [3.63, 3.8) is 0 Å². The maximum absolute atomic E-state index is 12.1. The third kappa shape index (κ3) is 6.70. The zero-order valence-corrected chi connectivity index (χ0v) is 15.8. The lowest BCUT2D eigenvalue weighted by molar-refractivity contribution is -0.116. The summed E-state index contributed by atoms with van der Waals surface area (Å²) in [6, 6.07) is 17.6. The second kappa shape index (κ2) is 10.8. The molecule has 0 aliphatic carbocycles. The van der Waals surface area contributed by atoms with Gasteiger partial charge in [-0.3, -0.25) is 4.79 Å². The smallest absolute Gasteiger partial charge is 0.225 e. The van der Waals surface area contributed by atoms with Crippen molar-refractivity contribution in [3.05, 3.63) is 60.2 Å². The molecule has 5 heteroatoms. The number of likely N-dealkylation sites (tertiary alicyclic amines) is 1. The van der Waals surface area contributed by atoms with Crippen LogP contribution in [0.1, 0.15) is 31.2 Å². The molecular formula is C21H27ClN2O2. The van der Waals surface area contributed by atoms with E-state index in [1.807, 2.05) is 54.6 Å². The van der Waals surface area contributed by atoms with Crippen molar-refractivity contribution >= 4 is 24.0 Å². The molecule has 1 fully saturated rings. The van der Waals surface area contributed by atoms with Gasteiger partial charge >= 0.3 is 0 Å². The normalized spacial score (nSPS) is 14.3. The lowest BCUT2D eigenvalue weighted by Crippen LogP contribution is -2.32. The minimum atomic E-state index is 0. The molecule has 1 N–H and O–H groups in total. The molecule has 1 heterocycles. The molecule has 0 saturated carbocycles. The van der Waals surface area contributed by atoms with Crippen molar-refractivity contribution in [3.8, 4) is 5.75 Å². The number of nitrogens with one attached hydrogen (secondary N) is 1. The Morgan fingerprint density at radius 1 is 0.962 bits per heavy atom. The number of amides is 1. The van der Waals surface area contributed by atoms with Crippen LogP contribution < -0.4 is 10.1 Å². The highest BCUT2D eigenvalue weighted by molar-refractivity contribution is 5.90. The van der Waals surface area contributed by atoms with Crippen LogP contribution in [0.4, 0.5) is 5.69 Å². The first kappa shape index (κ1) is 20.3. The average molecular weight is 375 g/mol. The summed E-state index contributed by atoms with van der Waals surface area (Å²) in [5.41, 5.74) is 1.95. The van der Waals surface area contributed by atoms with Gasteiger partial charge in [-0.15, -0.1) is 12.4 Å². The summed E-state index contributed by atoms with van der Waals surface area (Å²) in [7, 11) is 0. The summed E-state index contributed by atoms with van der Waals surface area (Å²) < 4.78 is 5.76. The van der Waals surface area contributed by atoms with Crippen LogP contribution in [0.3, 0.4) is 0 Å². The third-order valence-electron chi connectivity index (χ3n) is 4.49. The van der Waals surface area contributed by atoms with E-state index >= 15 is 0 Å². The molecule has 2 aromatic rings. The molecule has 1 saturated heterocycles. The van der Waals surface area contributed by atoms with Gasteiger partial charge in [0.15, 0.2) is 0 Å². The molecule has 0 spiro atoms. The number of anilines is 1. The zero-order chi connectivity index (χ0) is 17.3. The van der Waals surface area contributed by atoms with Gasteiger partial charge in [0.1, 0.15) is 12.4 Å². The Labute approximate surface area is 162 Å². The van der Waals surface area contributed by atoms with Crippen LogP contribution in [0, 0.1) is 0 Å². The minimum Gasteiger partial charge on any atom is -0.489 e. The van der Waals surface area contributed by atoms with Gasteiger partial charge in [-0.1, -0.05) is 36.8 Å². The van der Waals surface area contributed by atoms with Crippen molar-refractivity contribution in [2.24, 2.45) is 0 Å². The van der Waals surface area contributed by atoms with E-state index in [9.17, 15) is 4.79 Å². The Morgan fingerprint density at radius 2 is 1.65 bits per heavy atom. The number of halogens is 1. The highest BCUT2D eigenvalue weighted by Crippen LogP contribution is 2.17. The van der Waals surface area contributed by atoms with Gasteiger partial charge in [0.05, 0.1) is 0 Å². The number of carbonyl (C=O) groups is 1. The van der Waals surface area contributed by atoms with E-state index in [1.54, 1.807) is 0 Å². The Morgan fingerprint density at radius 3 is 2.35 bits per heavy atom. The van der Waals surface area contributed by atoms with E-state index in [1.165, 1.54) is 19.3 Å². The zero-order valence-electron chi connectivity index (χ0n) is 15.0. The summed E-state index contributed by atoms with van der Waals surface area (Å²) in [5.74, 6) is 0.874. The number of hydrogen-bond donors (Lipinski definition) is 1. The van der Waals surface area contributed by atoms with E-state index in [0.29, 0.717) is 13.0 Å². The third-order valence-corrected chi connectivity index (χ3v) is 4.49. The van der Waals surface area contributed by atoms with Crippen LogP contribution in [0.25, 0.3) is 0 Å². The van der Waals surface area contributed by atoms with E-state index in [4.69, 9.17) is 4.74 Å². The topological polar surface area (TPSA) is 41.6 Å². The summed E-state index contributed by atoms with van der Waals surface area (Å²) in [4.78, 5) is 14.5. The molecule has 4 nitrogen and oxygen atoms in total. The molecule has 2 aromatic carbocycles. The predicted octanol–water partition coefficient (Wildman–Crippen LogP) is 4.50. The van der Waals surface area contributed by atoms with Crippen molar-refractivity contribution in [1.82, 2.24) is 4.90 Å². The number of ether oxygens (including phenoxy) is 1. The Kier molecular flexibility index (Phi) is 8.45. The first-order chi connectivity index (χ1) is 12.3. The fraction of sp³-hybridized carbons (Fsp3) is 0.381. The molecule has 0 unspecified atom stereocenters. The molecule has 1 aliphatic rings. The molecule has 26 heavy (non-hydrogen) atoms. The largest absolute Gasteiger partial charge is 0.489 e. The van der Waals surface area contributed by atoms with Crippen LogP contribution in [0.2, 0.25) is 0 Å². The van der Waals surface area contributed by atoms with Crippen LogP contribution >= 0.6 is 12.4 Å². The van der Waals surface area contributed by atoms with Crippen LogP contribution in [-0.4, -0.2) is 30.4 Å². The molecule has 140 valence electrons. The summed E-state index contributed by atoms with van der Waals surface area (Å²) in [6.07, 6.45) is 4.38. The highest BCUT2D eigenvalue weighted by atomic mass is 35.5. The number of rotatable bonds is 7. The molecule has 1 aliphatic heterocycles. The molecule has 0 atom stereocenters. The summed E-state index contributed by atoms with van der Waals surface area (Å²) >= 11 is 0. The Bertz CT molecular complexity index is 655. The fourth-order valence-electron chi connectivity index (χ4n) is 3.04. The number of benzene rings is 2. The maximum atomic E-state index is 12.1. The molecule has 3 rings (SSSR count). The quantitative estimate of drug-likeness (QED) is 0.775. The van der Waals surface area contributed by atoms with Gasteiger partial charge in [0.25, 0.3) is 0 Å². The van der Waals surface area contributed by atoms with Gasteiger partial charge in [0.2, 0.25) is 5.91 Å². The van der Waals surface area contributed by atoms with Gasteiger partial charge in [-0.25, -0.2) is 0 Å². The van der Waals surface area contributed by atoms with E-state index in [2.05, 4.69) is 10.2 Å². The average Bonchev–Trinajstić information content (AvgIpc) is 2.67. The first-order valence-corrected chi connectivity index (χ1v) is 9.08. The molecule has 0 radical (unpaired) electrons. The maximum Gasteiger partial charge on any atom is 0.225 e. The van der Waals surface area contributed by atoms with Crippen LogP contribution in [0.5, 0.6) is 5.75 Å². The van der Waals surface area contributed by atoms with E-state index < -0.39 is 0 Å². The monoisotopic (exact) mass is 374 g/mol. The standard InChI is InChI=1S/C21H26N2O2.ClH/c24-21(13-16-23-14-5-2-6-15-23)22-19-9-11-20(12-10-19)25-17-18-7-3-1-4-8-18;/h1,3-4,7-12H,2,5-6,13-17H2,(H,22,24);1H. The summed E-state index contributed by atoms with van der Waals surface area (Å²) in [6.45, 7) is 3.65. The van der Waals surface area contributed by atoms with Gasteiger partial charge in [-0.2, -0.15) is 0 Å². The molecule has 0 aromatic heterocycles. The van der Waals surface area contributed by atoms with Crippen LogP contribution in [0.15, 0.2) is 54.6 Å². The minimum absolute atomic E-state index is 0. The second-order valence-electron chi connectivity index (χ2n) is 6.50. The Hall–Kier alpha value is -2.04. The number of piperidine rings is 1. The molecular weight excluding hydrogens is 348 g/mol. The van der Waals surface area contributed by atoms with E-state index in [-0.39, 0.29) is 18.3 Å². The molecule has 0 bridgehead atoms. The first-order valence-electron chi connectivity index (χ1n) is 9.08. The lowest BCUT2D eigenvalue weighted by atomic mass is 10.1. The SMILES string of the molecule is Cl.O=C(CCN1CCCCC1)Nc1ccc(OCc2ccccc2)cc1. The fourth-order valence-corrected chi connectivity index (χ4v) is 3.04. The van der Waals surface area contributed by atoms with Crippen molar-refractivity contribution < 1.29 is 9.53 Å². The molecule has 1 amide bonds. The lowest BCUT2D eigenvalue weighted by Gasteiger charge is -2.25. The van der Waals surface area contributed by atoms with Gasteiger partial charge < -0.3 is 15.0 Å². The van der Waals surface area contributed by atoms with Gasteiger partial charge in [0, 0.05) is 18.7 Å². The van der Waals surface area contributed by atoms with Crippen molar-refractivity contribution in [2.75, 3.05) is 25.0 Å². The number of carbonyl (C=O) groups excluding carboxylic acids is 1. The highest BCUT2D eigenvalue weighted by Gasteiger charge is 2.11. The second-order valence-corrected chi connectivity index (χ2v) is 6.50. The number of nitrogens with zero attached hydrogens (tertiary/aromatic N) is 1. The number of hydrogen-bond acceptors (Lipinski definition) is 3. The predicted molar refractivity (Wildman–Crippen MR) is 108 cm³/mol. The van der Waals surface area contributed by atoms with Crippen molar-refractivity contribution in [1.29, 1.82) is 0 Å². The summed E-state index contributed by atoms with van der Waals surface area (Å²) in [5, 5.41) is 2.96.